The monoisotopic (exact) mass is 219 g/mol. The Morgan fingerprint density at radius 2 is 2.06 bits per heavy atom. The van der Waals surface area contributed by atoms with Gasteiger partial charge in [0, 0.05) is 19.3 Å². The van der Waals surface area contributed by atoms with Crippen molar-refractivity contribution in [1.29, 1.82) is 0 Å². The van der Waals surface area contributed by atoms with Gasteiger partial charge in [0.25, 0.3) is 0 Å². The quantitative estimate of drug-likeness (QED) is 0.849. The molecular weight excluding hydrogens is 198 g/mol. The van der Waals surface area contributed by atoms with Gasteiger partial charge in [-0.25, -0.2) is 0 Å². The number of nitrogen functional groups attached to an aromatic ring is 1. The summed E-state index contributed by atoms with van der Waals surface area (Å²) in [6.07, 6.45) is 7.89. The van der Waals surface area contributed by atoms with Gasteiger partial charge in [0.2, 0.25) is 0 Å². The smallest absolute Gasteiger partial charge is 0.0771 e. The lowest BCUT2D eigenvalue weighted by molar-refractivity contribution is 0.578. The Balaban J connectivity index is 2.22. The number of hydrogen-bond acceptors (Lipinski definition) is 3. The fraction of sp³-hybridized carbons (Fsp3) is 0.615. The molecule has 1 aromatic rings. The molecule has 0 unspecified atom stereocenters. The number of nitrogens with zero attached hydrogens (tertiary/aromatic N) is 2. The maximum atomic E-state index is 6.20. The van der Waals surface area contributed by atoms with Gasteiger partial charge in [-0.15, -0.1) is 0 Å². The molecule has 2 N–H and O–H groups in total. The van der Waals surface area contributed by atoms with Gasteiger partial charge in [-0.3, -0.25) is 4.98 Å². The van der Waals surface area contributed by atoms with Gasteiger partial charge < -0.3 is 10.6 Å². The van der Waals surface area contributed by atoms with E-state index in [2.05, 4.69) is 22.9 Å². The third-order valence-corrected chi connectivity index (χ3v) is 3.23. The normalized spacial score (nSPS) is 16.4. The minimum Gasteiger partial charge on any atom is -0.396 e. The zero-order chi connectivity index (χ0) is 11.4. The number of aromatic nitrogens is 1. The first-order valence-corrected chi connectivity index (χ1v) is 6.31. The summed E-state index contributed by atoms with van der Waals surface area (Å²) in [4.78, 5) is 6.77. The van der Waals surface area contributed by atoms with Crippen molar-refractivity contribution < 1.29 is 0 Å². The molecule has 1 aliphatic rings. The number of anilines is 2. The van der Waals surface area contributed by atoms with E-state index >= 15 is 0 Å². The van der Waals surface area contributed by atoms with Crippen molar-refractivity contribution in [3.05, 3.63) is 18.0 Å². The highest BCUT2D eigenvalue weighted by Gasteiger charge is 2.15. The molecule has 3 heteroatoms. The van der Waals surface area contributed by atoms with E-state index in [9.17, 15) is 0 Å². The first-order chi connectivity index (χ1) is 7.83. The number of piperidine rings is 1. The average Bonchev–Trinajstić information content (AvgIpc) is 2.33. The van der Waals surface area contributed by atoms with Crippen LogP contribution in [0.15, 0.2) is 12.3 Å². The van der Waals surface area contributed by atoms with Crippen LogP contribution in [0, 0.1) is 0 Å². The van der Waals surface area contributed by atoms with Gasteiger partial charge in [-0.05, 0) is 31.7 Å². The zero-order valence-electron chi connectivity index (χ0n) is 10.1. The number of aryl methyl sites for hydroxylation is 1. The van der Waals surface area contributed by atoms with Gasteiger partial charge in [0.15, 0.2) is 0 Å². The van der Waals surface area contributed by atoms with Crippen molar-refractivity contribution >= 4 is 11.4 Å². The molecule has 0 aliphatic carbocycles. The van der Waals surface area contributed by atoms with Gasteiger partial charge in [-0.2, -0.15) is 0 Å². The number of rotatable bonds is 3. The van der Waals surface area contributed by atoms with Crippen molar-refractivity contribution in [3.63, 3.8) is 0 Å². The second-order valence-electron chi connectivity index (χ2n) is 4.49. The van der Waals surface area contributed by atoms with Crippen LogP contribution < -0.4 is 10.6 Å². The molecule has 1 aromatic heterocycles. The van der Waals surface area contributed by atoms with Crippen LogP contribution in [0.2, 0.25) is 0 Å². The molecule has 1 fully saturated rings. The van der Waals surface area contributed by atoms with Crippen LogP contribution in [0.1, 0.15) is 38.3 Å². The van der Waals surface area contributed by atoms with Gasteiger partial charge >= 0.3 is 0 Å². The lowest BCUT2D eigenvalue weighted by Crippen LogP contribution is -2.30. The summed E-state index contributed by atoms with van der Waals surface area (Å²) in [6, 6.07) is 2.06. The van der Waals surface area contributed by atoms with E-state index in [1.54, 1.807) is 0 Å². The first kappa shape index (κ1) is 11.2. The van der Waals surface area contributed by atoms with Crippen molar-refractivity contribution in [2.45, 2.75) is 39.0 Å². The predicted octanol–water partition coefficient (Wildman–Crippen LogP) is 2.61. The highest BCUT2D eigenvalue weighted by atomic mass is 15.1. The molecule has 0 aromatic carbocycles. The van der Waals surface area contributed by atoms with Crippen LogP contribution >= 0.6 is 0 Å². The van der Waals surface area contributed by atoms with Crippen LogP contribution in [0.3, 0.4) is 0 Å². The van der Waals surface area contributed by atoms with Crippen LogP contribution in [0.4, 0.5) is 11.4 Å². The molecule has 3 nitrogen and oxygen atoms in total. The summed E-state index contributed by atoms with van der Waals surface area (Å²) in [6.45, 7) is 4.44. The fourth-order valence-corrected chi connectivity index (χ4v) is 2.35. The highest BCUT2D eigenvalue weighted by Crippen LogP contribution is 2.28. The van der Waals surface area contributed by atoms with Crippen molar-refractivity contribution in [2.24, 2.45) is 0 Å². The van der Waals surface area contributed by atoms with E-state index in [0.717, 1.165) is 37.3 Å². The third-order valence-electron chi connectivity index (χ3n) is 3.23. The molecule has 0 spiro atoms. The minimum atomic E-state index is 0.895. The molecule has 16 heavy (non-hydrogen) atoms. The lowest BCUT2D eigenvalue weighted by Gasteiger charge is -2.30. The number of pyridine rings is 1. The van der Waals surface area contributed by atoms with Crippen molar-refractivity contribution in [2.75, 3.05) is 23.7 Å². The molecule has 0 amide bonds. The van der Waals surface area contributed by atoms with Crippen LogP contribution in [-0.2, 0) is 6.42 Å². The van der Waals surface area contributed by atoms with Crippen LogP contribution in [0.5, 0.6) is 0 Å². The highest BCUT2D eigenvalue weighted by molar-refractivity contribution is 5.69. The molecule has 88 valence electrons. The summed E-state index contributed by atoms with van der Waals surface area (Å²) < 4.78 is 0. The topological polar surface area (TPSA) is 42.2 Å². The maximum absolute atomic E-state index is 6.20. The summed E-state index contributed by atoms with van der Waals surface area (Å²) in [5, 5.41) is 0. The standard InChI is InChI=1S/C13H21N3/c1-2-6-11-13(14)12(7-8-15-11)16-9-4-3-5-10-16/h7-8H,2-6,9-10,14H2,1H3. The summed E-state index contributed by atoms with van der Waals surface area (Å²) in [5.41, 5.74) is 9.34. The maximum Gasteiger partial charge on any atom is 0.0771 e. The molecule has 1 saturated heterocycles. The van der Waals surface area contributed by atoms with E-state index in [-0.39, 0.29) is 0 Å². The Morgan fingerprint density at radius 3 is 2.75 bits per heavy atom. The van der Waals surface area contributed by atoms with E-state index in [1.807, 2.05) is 6.20 Å². The summed E-state index contributed by atoms with van der Waals surface area (Å²) in [5.74, 6) is 0. The molecule has 1 aliphatic heterocycles. The van der Waals surface area contributed by atoms with Crippen LogP contribution in [0.25, 0.3) is 0 Å². The fourth-order valence-electron chi connectivity index (χ4n) is 2.35. The van der Waals surface area contributed by atoms with Gasteiger partial charge in [0.05, 0.1) is 17.1 Å². The molecule has 0 radical (unpaired) electrons. The average molecular weight is 219 g/mol. The second kappa shape index (κ2) is 5.19. The second-order valence-corrected chi connectivity index (χ2v) is 4.49. The molecule has 0 saturated carbocycles. The Bertz CT molecular complexity index is 343. The molecule has 2 rings (SSSR count). The largest absolute Gasteiger partial charge is 0.396 e. The Hall–Kier alpha value is -1.25. The van der Waals surface area contributed by atoms with E-state index in [0.29, 0.717) is 0 Å². The Morgan fingerprint density at radius 1 is 1.31 bits per heavy atom. The Labute approximate surface area is 97.7 Å². The Kier molecular flexibility index (Phi) is 3.65. The van der Waals surface area contributed by atoms with E-state index in [4.69, 9.17) is 5.73 Å². The van der Waals surface area contributed by atoms with Crippen molar-refractivity contribution in [3.8, 4) is 0 Å². The predicted molar refractivity (Wildman–Crippen MR) is 68.7 cm³/mol. The van der Waals surface area contributed by atoms with Gasteiger partial charge in [0.1, 0.15) is 0 Å². The van der Waals surface area contributed by atoms with E-state index < -0.39 is 0 Å². The summed E-state index contributed by atoms with van der Waals surface area (Å²) >= 11 is 0. The van der Waals surface area contributed by atoms with Gasteiger partial charge in [-0.1, -0.05) is 13.3 Å². The molecule has 0 bridgehead atoms. The molecule has 0 atom stereocenters. The lowest BCUT2D eigenvalue weighted by atomic mass is 10.1. The third kappa shape index (κ3) is 2.29. The van der Waals surface area contributed by atoms with Crippen LogP contribution in [-0.4, -0.2) is 18.1 Å². The first-order valence-electron chi connectivity index (χ1n) is 6.31. The zero-order valence-corrected chi connectivity index (χ0v) is 10.1. The van der Waals surface area contributed by atoms with E-state index in [1.165, 1.54) is 24.9 Å². The number of nitrogens with two attached hydrogens (primary N) is 1. The summed E-state index contributed by atoms with van der Waals surface area (Å²) in [7, 11) is 0. The SMILES string of the molecule is CCCc1nccc(N2CCCCC2)c1N. The molecular formula is C13H21N3. The number of hydrogen-bond donors (Lipinski definition) is 1. The minimum absolute atomic E-state index is 0.895. The molecule has 2 heterocycles. The van der Waals surface area contributed by atoms with Crippen molar-refractivity contribution in [1.82, 2.24) is 4.98 Å².